The first-order chi connectivity index (χ1) is 11.0. The fraction of sp³-hybridized carbons (Fsp3) is 0.222. The number of nitrogens with zero attached hydrogens (tertiary/aromatic N) is 1. The van der Waals surface area contributed by atoms with Crippen LogP contribution in [0.15, 0.2) is 48.5 Å². The first kappa shape index (κ1) is 15.2. The third-order valence-corrected chi connectivity index (χ3v) is 4.38. The molecule has 2 aromatic rings. The molecule has 1 aliphatic carbocycles. The molecular formula is C18H16FNO3. The van der Waals surface area contributed by atoms with E-state index >= 15 is 0 Å². The molecular weight excluding hydrogens is 297 g/mol. The van der Waals surface area contributed by atoms with Crippen LogP contribution in [-0.4, -0.2) is 34.7 Å². The lowest BCUT2D eigenvalue weighted by Crippen LogP contribution is -2.43. The summed E-state index contributed by atoms with van der Waals surface area (Å²) < 4.78 is 13.0. The maximum Gasteiger partial charge on any atom is 0.408 e. The van der Waals surface area contributed by atoms with E-state index in [1.165, 1.54) is 6.92 Å². The molecule has 1 amide bonds. The van der Waals surface area contributed by atoms with Gasteiger partial charge in [-0.2, -0.15) is 4.39 Å². The standard InChI is InChI=1S/C18H16FNO3/c1-11(17(19)21)20(18(22)23)10-16-14-8-4-2-6-12(14)13-7-3-5-9-15(13)16/h2-9,11,16H,10H2,1H3,(H,22,23)/t11-/m0/s1. The van der Waals surface area contributed by atoms with Gasteiger partial charge in [0.1, 0.15) is 6.04 Å². The van der Waals surface area contributed by atoms with Crippen molar-refractivity contribution < 1.29 is 19.1 Å². The van der Waals surface area contributed by atoms with Gasteiger partial charge in [0.25, 0.3) is 0 Å². The summed E-state index contributed by atoms with van der Waals surface area (Å²) in [7, 11) is 0. The van der Waals surface area contributed by atoms with Gasteiger partial charge in [-0.1, -0.05) is 48.5 Å². The Labute approximate surface area is 133 Å². The lowest BCUT2D eigenvalue weighted by Gasteiger charge is -2.27. The van der Waals surface area contributed by atoms with Crippen molar-refractivity contribution in [3.63, 3.8) is 0 Å². The Bertz CT molecular complexity index is 729. The molecule has 3 rings (SSSR count). The van der Waals surface area contributed by atoms with Crippen LogP contribution < -0.4 is 0 Å². The molecule has 0 radical (unpaired) electrons. The number of rotatable bonds is 4. The monoisotopic (exact) mass is 313 g/mol. The van der Waals surface area contributed by atoms with Crippen molar-refractivity contribution in [1.82, 2.24) is 4.90 Å². The number of fused-ring (bicyclic) bond motifs is 3. The van der Waals surface area contributed by atoms with Gasteiger partial charge < -0.3 is 5.11 Å². The summed E-state index contributed by atoms with van der Waals surface area (Å²) in [5.41, 5.74) is 4.10. The Morgan fingerprint density at radius 1 is 1.09 bits per heavy atom. The third kappa shape index (κ3) is 2.59. The average Bonchev–Trinajstić information content (AvgIpc) is 2.86. The minimum absolute atomic E-state index is 0.0419. The minimum Gasteiger partial charge on any atom is -0.465 e. The van der Waals surface area contributed by atoms with Crippen LogP contribution in [0.2, 0.25) is 0 Å². The quantitative estimate of drug-likeness (QED) is 0.876. The predicted molar refractivity (Wildman–Crippen MR) is 84.0 cm³/mol. The van der Waals surface area contributed by atoms with Crippen LogP contribution in [0.4, 0.5) is 9.18 Å². The molecule has 1 atom stereocenters. The maximum absolute atomic E-state index is 13.0. The number of amides is 1. The summed E-state index contributed by atoms with van der Waals surface area (Å²) in [6, 6.07) is 12.6. The smallest absolute Gasteiger partial charge is 0.408 e. The Kier molecular flexibility index (Phi) is 3.86. The number of carbonyl (C=O) groups is 2. The zero-order chi connectivity index (χ0) is 16.6. The molecule has 0 saturated carbocycles. The van der Waals surface area contributed by atoms with Gasteiger partial charge in [-0.3, -0.25) is 9.69 Å². The molecule has 0 unspecified atom stereocenters. The molecule has 0 fully saturated rings. The van der Waals surface area contributed by atoms with E-state index in [1.54, 1.807) is 0 Å². The van der Waals surface area contributed by atoms with Crippen LogP contribution in [0.1, 0.15) is 24.0 Å². The fourth-order valence-electron chi connectivity index (χ4n) is 3.18. The minimum atomic E-state index is -1.65. The van der Waals surface area contributed by atoms with E-state index < -0.39 is 18.2 Å². The molecule has 0 spiro atoms. The molecule has 4 nitrogen and oxygen atoms in total. The number of hydrogen-bond acceptors (Lipinski definition) is 2. The summed E-state index contributed by atoms with van der Waals surface area (Å²) in [6.07, 6.45) is -1.30. The van der Waals surface area contributed by atoms with Crippen molar-refractivity contribution in [2.24, 2.45) is 0 Å². The van der Waals surface area contributed by atoms with E-state index in [0.29, 0.717) is 0 Å². The zero-order valence-corrected chi connectivity index (χ0v) is 12.6. The van der Waals surface area contributed by atoms with E-state index in [0.717, 1.165) is 27.2 Å². The van der Waals surface area contributed by atoms with Gasteiger partial charge in [-0.05, 0) is 29.2 Å². The Balaban J connectivity index is 2.02. The van der Waals surface area contributed by atoms with Crippen molar-refractivity contribution in [3.05, 3.63) is 59.7 Å². The highest BCUT2D eigenvalue weighted by molar-refractivity contribution is 5.81. The van der Waals surface area contributed by atoms with Crippen LogP contribution in [0.3, 0.4) is 0 Å². The molecule has 2 aromatic carbocycles. The van der Waals surface area contributed by atoms with Crippen molar-refractivity contribution >= 4 is 12.1 Å². The van der Waals surface area contributed by atoms with E-state index in [1.807, 2.05) is 48.5 Å². The number of hydrogen-bond donors (Lipinski definition) is 1. The molecule has 118 valence electrons. The van der Waals surface area contributed by atoms with Gasteiger partial charge in [0, 0.05) is 12.5 Å². The summed E-state index contributed by atoms with van der Waals surface area (Å²) in [5, 5.41) is 9.36. The maximum atomic E-state index is 13.0. The Morgan fingerprint density at radius 2 is 1.57 bits per heavy atom. The van der Waals surface area contributed by atoms with Crippen LogP contribution in [-0.2, 0) is 4.79 Å². The van der Waals surface area contributed by atoms with E-state index in [2.05, 4.69) is 0 Å². The summed E-state index contributed by atoms with van der Waals surface area (Å²) in [6.45, 7) is 1.31. The lowest BCUT2D eigenvalue weighted by molar-refractivity contribution is -0.133. The number of halogens is 1. The molecule has 0 bridgehead atoms. The largest absolute Gasteiger partial charge is 0.465 e. The number of carbonyl (C=O) groups excluding carboxylic acids is 1. The molecule has 0 aliphatic heterocycles. The van der Waals surface area contributed by atoms with Crippen molar-refractivity contribution in [3.8, 4) is 11.1 Å². The molecule has 23 heavy (non-hydrogen) atoms. The second kappa shape index (κ2) is 5.83. The molecule has 0 aromatic heterocycles. The van der Waals surface area contributed by atoms with Gasteiger partial charge in [0.15, 0.2) is 0 Å². The fourth-order valence-corrected chi connectivity index (χ4v) is 3.18. The third-order valence-electron chi connectivity index (χ3n) is 4.38. The van der Waals surface area contributed by atoms with Gasteiger partial charge in [-0.25, -0.2) is 4.79 Å². The summed E-state index contributed by atoms with van der Waals surface area (Å²) >= 11 is 0. The lowest BCUT2D eigenvalue weighted by atomic mass is 9.96. The highest BCUT2D eigenvalue weighted by atomic mass is 19.1. The van der Waals surface area contributed by atoms with Gasteiger partial charge in [0.05, 0.1) is 0 Å². The Morgan fingerprint density at radius 3 is 2.00 bits per heavy atom. The molecule has 5 heteroatoms. The van der Waals surface area contributed by atoms with Crippen molar-refractivity contribution in [2.75, 3.05) is 6.54 Å². The predicted octanol–water partition coefficient (Wildman–Crippen LogP) is 3.66. The Hall–Kier alpha value is -2.69. The van der Waals surface area contributed by atoms with Crippen LogP contribution in [0.25, 0.3) is 11.1 Å². The van der Waals surface area contributed by atoms with E-state index in [4.69, 9.17) is 0 Å². The molecule has 0 saturated heterocycles. The normalized spacial score (nSPS) is 14.0. The van der Waals surface area contributed by atoms with Crippen molar-refractivity contribution in [1.29, 1.82) is 0 Å². The zero-order valence-electron chi connectivity index (χ0n) is 12.6. The second-order valence-electron chi connectivity index (χ2n) is 5.64. The van der Waals surface area contributed by atoms with Gasteiger partial charge in [0.2, 0.25) is 0 Å². The SMILES string of the molecule is C[C@@H](C(=O)F)N(CC1c2ccccc2-c2ccccc21)C(=O)O. The molecule has 0 heterocycles. The summed E-state index contributed by atoms with van der Waals surface area (Å²) in [5.74, 6) is -0.208. The van der Waals surface area contributed by atoms with Gasteiger partial charge in [-0.15, -0.1) is 0 Å². The first-order valence-electron chi connectivity index (χ1n) is 7.38. The molecule has 1 aliphatic rings. The van der Waals surface area contributed by atoms with Crippen LogP contribution >= 0.6 is 0 Å². The van der Waals surface area contributed by atoms with Gasteiger partial charge >= 0.3 is 12.1 Å². The molecule has 1 N–H and O–H groups in total. The van der Waals surface area contributed by atoms with Crippen molar-refractivity contribution in [2.45, 2.75) is 18.9 Å². The van der Waals surface area contributed by atoms with E-state index in [-0.39, 0.29) is 12.5 Å². The second-order valence-corrected chi connectivity index (χ2v) is 5.64. The average molecular weight is 313 g/mol. The topological polar surface area (TPSA) is 57.6 Å². The van der Waals surface area contributed by atoms with Crippen LogP contribution in [0, 0.1) is 0 Å². The number of benzene rings is 2. The van der Waals surface area contributed by atoms with Crippen LogP contribution in [0.5, 0.6) is 0 Å². The highest BCUT2D eigenvalue weighted by Crippen LogP contribution is 2.44. The highest BCUT2D eigenvalue weighted by Gasteiger charge is 2.34. The summed E-state index contributed by atoms with van der Waals surface area (Å²) in [4.78, 5) is 23.3. The van der Waals surface area contributed by atoms with E-state index in [9.17, 15) is 19.1 Å². The number of carboxylic acid groups (broad SMARTS) is 1. The first-order valence-corrected chi connectivity index (χ1v) is 7.38.